The van der Waals surface area contributed by atoms with E-state index in [0.717, 1.165) is 15.4 Å². The Balaban J connectivity index is 2.47. The smallest absolute Gasteiger partial charge is 0.149 e. The Morgan fingerprint density at radius 1 is 1.53 bits per heavy atom. The fourth-order valence-corrected chi connectivity index (χ4v) is 2.96. The van der Waals surface area contributed by atoms with Crippen molar-refractivity contribution in [1.29, 1.82) is 0 Å². The van der Waals surface area contributed by atoms with Crippen molar-refractivity contribution in [3.8, 4) is 0 Å². The van der Waals surface area contributed by atoms with E-state index in [9.17, 15) is 4.79 Å². The normalized spacial score (nSPS) is 22.2. The van der Waals surface area contributed by atoms with E-state index in [1.807, 2.05) is 37.3 Å². The van der Waals surface area contributed by atoms with E-state index in [1.165, 1.54) is 0 Å². The van der Waals surface area contributed by atoms with Crippen LogP contribution in [0.3, 0.4) is 0 Å². The second-order valence-electron chi connectivity index (χ2n) is 4.31. The quantitative estimate of drug-likeness (QED) is 0.569. The van der Waals surface area contributed by atoms with Crippen LogP contribution >= 0.6 is 34.2 Å². The third-order valence-corrected chi connectivity index (χ3v) is 4.11. The zero-order valence-electron chi connectivity index (χ0n) is 10.5. The number of halogens is 2. The molecule has 4 heteroatoms. The van der Waals surface area contributed by atoms with Crippen LogP contribution in [0.15, 0.2) is 42.0 Å². The van der Waals surface area contributed by atoms with E-state index in [0.29, 0.717) is 23.6 Å². The van der Waals surface area contributed by atoms with Crippen LogP contribution in [-0.4, -0.2) is 12.9 Å². The van der Waals surface area contributed by atoms with Gasteiger partial charge in [-0.2, -0.15) is 0 Å². The summed E-state index contributed by atoms with van der Waals surface area (Å²) in [6.45, 7) is 2.53. The third-order valence-electron chi connectivity index (χ3n) is 3.11. The molecule has 0 radical (unpaired) electrons. The first-order valence-corrected chi connectivity index (χ1v) is 7.51. The van der Waals surface area contributed by atoms with Crippen molar-refractivity contribution in [2.75, 3.05) is 6.61 Å². The summed E-state index contributed by atoms with van der Waals surface area (Å²) in [5, 5.41) is 0.682. The lowest BCUT2D eigenvalue weighted by Gasteiger charge is -2.33. The van der Waals surface area contributed by atoms with Crippen LogP contribution < -0.4 is 0 Å². The standard InChI is InChI=1S/C15H14ClIO2/c1-2-19-15(7-5-11(10-18)6-8-15)13-9-12(17)3-4-14(13)16/h3-7,9-10H,2,8H2,1H3. The molecule has 1 aliphatic rings. The number of carbonyl (C=O) groups is 1. The number of rotatable bonds is 4. The first-order valence-electron chi connectivity index (χ1n) is 6.05. The highest BCUT2D eigenvalue weighted by atomic mass is 127. The largest absolute Gasteiger partial charge is 0.366 e. The van der Waals surface area contributed by atoms with Gasteiger partial charge in [-0.25, -0.2) is 0 Å². The molecule has 1 aromatic carbocycles. The van der Waals surface area contributed by atoms with Crippen LogP contribution in [-0.2, 0) is 15.1 Å². The first kappa shape index (κ1) is 14.8. The Morgan fingerprint density at radius 3 is 2.89 bits per heavy atom. The maximum Gasteiger partial charge on any atom is 0.149 e. The zero-order valence-corrected chi connectivity index (χ0v) is 13.4. The molecule has 0 aromatic heterocycles. The topological polar surface area (TPSA) is 26.3 Å². The fourth-order valence-electron chi connectivity index (χ4n) is 2.19. The molecule has 0 N–H and O–H groups in total. The number of aldehydes is 1. The summed E-state index contributed by atoms with van der Waals surface area (Å²) in [6, 6.07) is 5.88. The van der Waals surface area contributed by atoms with Crippen molar-refractivity contribution in [3.63, 3.8) is 0 Å². The third kappa shape index (κ3) is 3.09. The van der Waals surface area contributed by atoms with Gasteiger partial charge in [-0.05, 0) is 53.8 Å². The number of hydrogen-bond donors (Lipinski definition) is 0. The summed E-state index contributed by atoms with van der Waals surface area (Å²) in [5.41, 5.74) is 1.05. The van der Waals surface area contributed by atoms with Crippen LogP contribution in [0.5, 0.6) is 0 Å². The summed E-state index contributed by atoms with van der Waals surface area (Å²) in [6.07, 6.45) is 7.08. The first-order chi connectivity index (χ1) is 9.11. The summed E-state index contributed by atoms with van der Waals surface area (Å²) >= 11 is 8.57. The Morgan fingerprint density at radius 2 is 2.32 bits per heavy atom. The molecule has 0 spiro atoms. The lowest BCUT2D eigenvalue weighted by molar-refractivity contribution is -0.104. The second-order valence-corrected chi connectivity index (χ2v) is 5.96. The van der Waals surface area contributed by atoms with Gasteiger partial charge in [0, 0.05) is 32.8 Å². The molecular formula is C15H14ClIO2. The number of carbonyl (C=O) groups excluding carboxylic acids is 1. The van der Waals surface area contributed by atoms with Gasteiger partial charge in [0.15, 0.2) is 0 Å². The predicted octanol–water partition coefficient (Wildman–Crippen LogP) is 4.26. The average Bonchev–Trinajstić information content (AvgIpc) is 2.42. The van der Waals surface area contributed by atoms with E-state index in [1.54, 1.807) is 6.08 Å². The molecule has 0 aliphatic heterocycles. The van der Waals surface area contributed by atoms with E-state index in [2.05, 4.69) is 22.6 Å². The van der Waals surface area contributed by atoms with Crippen molar-refractivity contribution in [1.82, 2.24) is 0 Å². The lowest BCUT2D eigenvalue weighted by atomic mass is 9.85. The van der Waals surface area contributed by atoms with Crippen LogP contribution in [0.2, 0.25) is 5.02 Å². The molecule has 1 aliphatic carbocycles. The van der Waals surface area contributed by atoms with Gasteiger partial charge < -0.3 is 4.74 Å². The van der Waals surface area contributed by atoms with Gasteiger partial charge in [0.2, 0.25) is 0 Å². The van der Waals surface area contributed by atoms with E-state index in [4.69, 9.17) is 16.3 Å². The van der Waals surface area contributed by atoms with Crippen molar-refractivity contribution >= 4 is 40.5 Å². The number of ether oxygens (including phenoxy) is 1. The number of hydrogen-bond acceptors (Lipinski definition) is 2. The van der Waals surface area contributed by atoms with Gasteiger partial charge in [0.25, 0.3) is 0 Å². The molecular weight excluding hydrogens is 375 g/mol. The molecule has 0 amide bonds. The summed E-state index contributed by atoms with van der Waals surface area (Å²) in [4.78, 5) is 10.8. The minimum Gasteiger partial charge on any atom is -0.366 e. The molecule has 0 saturated heterocycles. The van der Waals surface area contributed by atoms with E-state index in [-0.39, 0.29) is 0 Å². The lowest BCUT2D eigenvalue weighted by Crippen LogP contribution is -2.29. The summed E-state index contributed by atoms with van der Waals surface area (Å²) in [7, 11) is 0. The van der Waals surface area contributed by atoms with Crippen LogP contribution in [0.4, 0.5) is 0 Å². The van der Waals surface area contributed by atoms with Crippen LogP contribution in [0.25, 0.3) is 0 Å². The molecule has 0 bridgehead atoms. The van der Waals surface area contributed by atoms with Crippen LogP contribution in [0.1, 0.15) is 18.9 Å². The van der Waals surface area contributed by atoms with Gasteiger partial charge >= 0.3 is 0 Å². The fraction of sp³-hybridized carbons (Fsp3) is 0.267. The second kappa shape index (κ2) is 6.20. The van der Waals surface area contributed by atoms with Gasteiger partial charge in [0.05, 0.1) is 0 Å². The molecule has 2 nitrogen and oxygen atoms in total. The predicted molar refractivity (Wildman–Crippen MR) is 85.4 cm³/mol. The molecule has 2 rings (SSSR count). The molecule has 1 unspecified atom stereocenters. The molecule has 0 heterocycles. The van der Waals surface area contributed by atoms with Crippen molar-refractivity contribution in [3.05, 3.63) is 56.2 Å². The number of allylic oxidation sites excluding steroid dienone is 2. The minimum atomic E-state index is -0.570. The molecule has 1 atom stereocenters. The Hall–Kier alpha value is -0.650. The molecule has 100 valence electrons. The highest BCUT2D eigenvalue weighted by Crippen LogP contribution is 2.39. The maximum atomic E-state index is 10.8. The minimum absolute atomic E-state index is 0.570. The van der Waals surface area contributed by atoms with Crippen molar-refractivity contribution in [2.45, 2.75) is 18.9 Å². The van der Waals surface area contributed by atoms with Gasteiger partial charge in [-0.3, -0.25) is 4.79 Å². The van der Waals surface area contributed by atoms with Crippen molar-refractivity contribution in [2.24, 2.45) is 0 Å². The summed E-state index contributed by atoms with van der Waals surface area (Å²) < 4.78 is 7.06. The SMILES string of the molecule is CCOC1(c2cc(I)ccc2Cl)C=CC(C=O)=CC1. The molecule has 0 fully saturated rings. The molecule has 19 heavy (non-hydrogen) atoms. The average molecular weight is 389 g/mol. The molecule has 1 aromatic rings. The van der Waals surface area contributed by atoms with Crippen molar-refractivity contribution < 1.29 is 9.53 Å². The van der Waals surface area contributed by atoms with Gasteiger partial charge in [-0.15, -0.1) is 0 Å². The summed E-state index contributed by atoms with van der Waals surface area (Å²) in [5.74, 6) is 0. The highest BCUT2D eigenvalue weighted by Gasteiger charge is 2.33. The maximum absolute atomic E-state index is 10.8. The number of benzene rings is 1. The highest BCUT2D eigenvalue weighted by molar-refractivity contribution is 14.1. The Labute approximate surface area is 131 Å². The Kier molecular flexibility index (Phi) is 4.81. The van der Waals surface area contributed by atoms with E-state index < -0.39 is 5.60 Å². The van der Waals surface area contributed by atoms with Crippen LogP contribution in [0, 0.1) is 3.57 Å². The monoisotopic (exact) mass is 388 g/mol. The van der Waals surface area contributed by atoms with Gasteiger partial charge in [0.1, 0.15) is 11.9 Å². The Bertz CT molecular complexity index is 551. The zero-order chi connectivity index (χ0) is 13.9. The molecule has 0 saturated carbocycles. The van der Waals surface area contributed by atoms with E-state index >= 15 is 0 Å². The van der Waals surface area contributed by atoms with Gasteiger partial charge in [-0.1, -0.05) is 23.8 Å².